The normalized spacial score (nSPS) is 11.4. The fourth-order valence-electron chi connectivity index (χ4n) is 2.83. The van der Waals surface area contributed by atoms with E-state index >= 15 is 0 Å². The Morgan fingerprint density at radius 1 is 0.909 bits per heavy atom. The van der Waals surface area contributed by atoms with Gasteiger partial charge in [-0.3, -0.25) is 9.36 Å². The van der Waals surface area contributed by atoms with Crippen molar-refractivity contribution in [2.24, 2.45) is 0 Å². The summed E-state index contributed by atoms with van der Waals surface area (Å²) in [6.45, 7) is 5.94. The van der Waals surface area contributed by atoms with Crippen LogP contribution in [-0.4, -0.2) is 22.0 Å². The summed E-state index contributed by atoms with van der Waals surface area (Å²) in [5.74, 6) is 2.16. The van der Waals surface area contributed by atoms with Crippen molar-refractivity contribution < 1.29 is 4.79 Å². The Balaban J connectivity index is 2.34. The lowest BCUT2D eigenvalue weighted by Crippen LogP contribution is -2.04. The molecule has 0 amide bonds. The van der Waals surface area contributed by atoms with E-state index in [1.165, 1.54) is 20.6 Å². The van der Waals surface area contributed by atoms with Crippen LogP contribution in [0.4, 0.5) is 0 Å². The van der Waals surface area contributed by atoms with Gasteiger partial charge in [0.15, 0.2) is 0 Å². The van der Waals surface area contributed by atoms with Gasteiger partial charge in [-0.15, -0.1) is 23.5 Å². The van der Waals surface area contributed by atoms with Crippen LogP contribution in [0.5, 0.6) is 0 Å². The second kappa shape index (κ2) is 6.39. The summed E-state index contributed by atoms with van der Waals surface area (Å²) in [5, 5.41) is 2.34. The highest BCUT2D eigenvalue weighted by molar-refractivity contribution is 7.99. The molecule has 0 aliphatic heterocycles. The molecule has 0 radical (unpaired) electrons. The van der Waals surface area contributed by atoms with E-state index < -0.39 is 0 Å². The van der Waals surface area contributed by atoms with Crippen molar-refractivity contribution in [3.8, 4) is 0 Å². The van der Waals surface area contributed by atoms with Crippen LogP contribution in [0.1, 0.15) is 25.6 Å². The van der Waals surface area contributed by atoms with Gasteiger partial charge in [-0.1, -0.05) is 13.8 Å². The SMILES string of the molecule is CCSc1ccc2c(c1)c1cc(SCC)ccc1n2C(C)=O. The molecule has 0 fully saturated rings. The predicted molar refractivity (Wildman–Crippen MR) is 98.5 cm³/mol. The molecule has 1 heterocycles. The van der Waals surface area contributed by atoms with Crippen LogP contribution in [0.25, 0.3) is 21.8 Å². The maximum Gasteiger partial charge on any atom is 0.228 e. The van der Waals surface area contributed by atoms with Crippen molar-refractivity contribution in [2.75, 3.05) is 11.5 Å². The van der Waals surface area contributed by atoms with Crippen LogP contribution in [0.15, 0.2) is 46.2 Å². The molecule has 0 unspecified atom stereocenters. The van der Waals surface area contributed by atoms with Crippen molar-refractivity contribution in [3.63, 3.8) is 0 Å². The van der Waals surface area contributed by atoms with E-state index in [2.05, 4.69) is 50.2 Å². The van der Waals surface area contributed by atoms with Crippen molar-refractivity contribution in [3.05, 3.63) is 36.4 Å². The highest BCUT2D eigenvalue weighted by Gasteiger charge is 2.14. The van der Waals surface area contributed by atoms with Gasteiger partial charge >= 0.3 is 0 Å². The average molecular weight is 329 g/mol. The molecule has 0 bridgehead atoms. The minimum atomic E-state index is 0.0618. The second-order valence-corrected chi connectivity index (χ2v) is 7.75. The largest absolute Gasteiger partial charge is 0.280 e. The number of nitrogens with zero attached hydrogens (tertiary/aromatic N) is 1. The van der Waals surface area contributed by atoms with E-state index in [4.69, 9.17) is 0 Å². The van der Waals surface area contributed by atoms with Gasteiger partial charge in [-0.05, 0) is 47.9 Å². The zero-order chi connectivity index (χ0) is 15.7. The molecule has 0 N–H and O–H groups in total. The monoisotopic (exact) mass is 329 g/mol. The Bertz CT molecular complexity index is 788. The van der Waals surface area contributed by atoms with Crippen LogP contribution in [-0.2, 0) is 0 Å². The van der Waals surface area contributed by atoms with Crippen molar-refractivity contribution in [1.82, 2.24) is 4.57 Å². The number of fused-ring (bicyclic) bond motifs is 3. The number of aromatic nitrogens is 1. The lowest BCUT2D eigenvalue weighted by atomic mass is 10.1. The van der Waals surface area contributed by atoms with Gasteiger partial charge in [0.2, 0.25) is 5.91 Å². The Hall–Kier alpha value is -1.39. The first-order chi connectivity index (χ1) is 10.7. The van der Waals surface area contributed by atoms with E-state index in [-0.39, 0.29) is 5.91 Å². The first-order valence-corrected chi connectivity index (χ1v) is 9.47. The molecule has 1 aromatic heterocycles. The molecular weight excluding hydrogens is 310 g/mol. The van der Waals surface area contributed by atoms with E-state index in [0.29, 0.717) is 0 Å². The molecule has 114 valence electrons. The molecule has 2 nitrogen and oxygen atoms in total. The summed E-state index contributed by atoms with van der Waals surface area (Å²) in [6, 6.07) is 12.8. The lowest BCUT2D eigenvalue weighted by Gasteiger charge is -2.03. The van der Waals surface area contributed by atoms with Gasteiger partial charge in [0.05, 0.1) is 11.0 Å². The number of rotatable bonds is 4. The van der Waals surface area contributed by atoms with E-state index in [1.54, 1.807) is 6.92 Å². The minimum absolute atomic E-state index is 0.0618. The van der Waals surface area contributed by atoms with Gasteiger partial charge in [-0.2, -0.15) is 0 Å². The molecule has 22 heavy (non-hydrogen) atoms. The van der Waals surface area contributed by atoms with Crippen LogP contribution in [0, 0.1) is 0 Å². The zero-order valence-corrected chi connectivity index (χ0v) is 14.7. The molecule has 0 atom stereocenters. The first-order valence-electron chi connectivity index (χ1n) is 7.50. The number of hydrogen-bond acceptors (Lipinski definition) is 3. The number of carbonyl (C=O) groups is 1. The van der Waals surface area contributed by atoms with Gasteiger partial charge in [-0.25, -0.2) is 0 Å². The zero-order valence-electron chi connectivity index (χ0n) is 13.1. The second-order valence-electron chi connectivity index (χ2n) is 5.08. The Morgan fingerprint density at radius 3 is 1.73 bits per heavy atom. The molecule has 0 saturated carbocycles. The summed E-state index contributed by atoms with van der Waals surface area (Å²) in [4.78, 5) is 14.6. The maximum atomic E-state index is 12.1. The molecule has 0 aliphatic rings. The maximum absolute atomic E-state index is 12.1. The molecular formula is C18H19NOS2. The number of carbonyl (C=O) groups excluding carboxylic acids is 1. The Labute approximate surface area is 139 Å². The number of hydrogen-bond donors (Lipinski definition) is 0. The smallest absolute Gasteiger partial charge is 0.228 e. The van der Waals surface area contributed by atoms with Crippen molar-refractivity contribution in [1.29, 1.82) is 0 Å². The Kier molecular flexibility index (Phi) is 4.50. The van der Waals surface area contributed by atoms with Crippen LogP contribution < -0.4 is 0 Å². The molecule has 0 spiro atoms. The summed E-state index contributed by atoms with van der Waals surface area (Å²) >= 11 is 3.66. The third-order valence-electron chi connectivity index (χ3n) is 3.64. The van der Waals surface area contributed by atoms with E-state index in [9.17, 15) is 4.79 Å². The van der Waals surface area contributed by atoms with Gasteiger partial charge in [0.25, 0.3) is 0 Å². The highest BCUT2D eigenvalue weighted by Crippen LogP contribution is 2.34. The molecule has 3 rings (SSSR count). The molecule has 3 aromatic rings. The predicted octanol–water partition coefficient (Wildman–Crippen LogP) is 5.68. The minimum Gasteiger partial charge on any atom is -0.280 e. The summed E-state index contributed by atoms with van der Waals surface area (Å²) < 4.78 is 1.82. The van der Waals surface area contributed by atoms with Gasteiger partial charge in [0.1, 0.15) is 0 Å². The third kappa shape index (κ3) is 2.66. The Morgan fingerprint density at radius 2 is 1.36 bits per heavy atom. The first kappa shape index (κ1) is 15.5. The van der Waals surface area contributed by atoms with E-state index in [0.717, 1.165) is 22.5 Å². The van der Waals surface area contributed by atoms with Crippen molar-refractivity contribution in [2.45, 2.75) is 30.6 Å². The molecule has 0 saturated heterocycles. The van der Waals surface area contributed by atoms with Gasteiger partial charge in [0, 0.05) is 27.5 Å². The highest BCUT2D eigenvalue weighted by atomic mass is 32.2. The fourth-order valence-corrected chi connectivity index (χ4v) is 4.23. The standard InChI is InChI=1S/C18H19NOS2/c1-4-21-13-6-8-17-15(10-13)16-11-14(22-5-2)7-9-18(16)19(17)12(3)20/h6-11H,4-5H2,1-3H3. The molecule has 4 heteroatoms. The van der Waals surface area contributed by atoms with Crippen LogP contribution >= 0.6 is 23.5 Å². The third-order valence-corrected chi connectivity index (χ3v) is 5.40. The summed E-state index contributed by atoms with van der Waals surface area (Å²) in [5.41, 5.74) is 2.00. The van der Waals surface area contributed by atoms with Crippen LogP contribution in [0.2, 0.25) is 0 Å². The topological polar surface area (TPSA) is 22.0 Å². The van der Waals surface area contributed by atoms with E-state index in [1.807, 2.05) is 28.1 Å². The van der Waals surface area contributed by atoms with Crippen LogP contribution in [0.3, 0.4) is 0 Å². The van der Waals surface area contributed by atoms with Gasteiger partial charge < -0.3 is 0 Å². The number of thioether (sulfide) groups is 2. The number of benzene rings is 2. The average Bonchev–Trinajstić information content (AvgIpc) is 2.81. The van der Waals surface area contributed by atoms with Crippen molar-refractivity contribution >= 4 is 51.2 Å². The quantitative estimate of drug-likeness (QED) is 0.575. The molecule has 2 aromatic carbocycles. The lowest BCUT2D eigenvalue weighted by molar-refractivity contribution is 0.0946. The fraction of sp³-hybridized carbons (Fsp3) is 0.278. The summed E-state index contributed by atoms with van der Waals surface area (Å²) in [7, 11) is 0. The molecule has 0 aliphatic carbocycles. The summed E-state index contributed by atoms with van der Waals surface area (Å²) in [6.07, 6.45) is 0.